The Hall–Kier alpha value is -2.92. The van der Waals surface area contributed by atoms with Crippen molar-refractivity contribution in [1.29, 1.82) is 0 Å². The molecular weight excluding hydrogens is 302 g/mol. The largest absolute Gasteiger partial charge is 0.363 e. The SMILES string of the molecule is CN(C)Cc1ccccc1-c1cccc(-c2cc(C(N)=O)on2)c1. The minimum absolute atomic E-state index is 0.0587. The molecular formula is C19H19N3O2. The first-order chi connectivity index (χ1) is 11.5. The molecule has 0 spiro atoms. The Morgan fingerprint density at radius 2 is 1.83 bits per heavy atom. The van der Waals surface area contributed by atoms with Gasteiger partial charge in [-0.15, -0.1) is 0 Å². The molecule has 5 heteroatoms. The molecule has 24 heavy (non-hydrogen) atoms. The lowest BCUT2D eigenvalue weighted by molar-refractivity contribution is 0.0965. The fourth-order valence-electron chi connectivity index (χ4n) is 2.65. The maximum Gasteiger partial charge on any atom is 0.287 e. The van der Waals surface area contributed by atoms with Crippen LogP contribution in [0.1, 0.15) is 16.1 Å². The number of carbonyl (C=O) groups excluding carboxylic acids is 1. The van der Waals surface area contributed by atoms with Gasteiger partial charge in [0.2, 0.25) is 5.76 Å². The first-order valence-electron chi connectivity index (χ1n) is 7.64. The summed E-state index contributed by atoms with van der Waals surface area (Å²) in [5, 5.41) is 3.93. The molecule has 122 valence electrons. The number of hydrogen-bond donors (Lipinski definition) is 1. The Balaban J connectivity index is 2.00. The lowest BCUT2D eigenvalue weighted by atomic mass is 9.97. The van der Waals surface area contributed by atoms with Crippen molar-refractivity contribution in [1.82, 2.24) is 10.1 Å². The molecule has 0 unspecified atom stereocenters. The Morgan fingerprint density at radius 1 is 1.08 bits per heavy atom. The van der Waals surface area contributed by atoms with Crippen molar-refractivity contribution in [3.05, 3.63) is 65.9 Å². The monoisotopic (exact) mass is 321 g/mol. The van der Waals surface area contributed by atoms with Crippen LogP contribution in [0.2, 0.25) is 0 Å². The van der Waals surface area contributed by atoms with Crippen molar-refractivity contribution in [3.63, 3.8) is 0 Å². The molecule has 0 atom stereocenters. The zero-order valence-corrected chi connectivity index (χ0v) is 13.7. The van der Waals surface area contributed by atoms with Crippen LogP contribution in [0.4, 0.5) is 0 Å². The number of primary amides is 1. The van der Waals surface area contributed by atoms with Gasteiger partial charge in [0.25, 0.3) is 5.91 Å². The van der Waals surface area contributed by atoms with Crippen LogP contribution in [0.3, 0.4) is 0 Å². The molecule has 0 aliphatic heterocycles. The van der Waals surface area contributed by atoms with Crippen molar-refractivity contribution in [2.24, 2.45) is 5.73 Å². The van der Waals surface area contributed by atoms with Crippen LogP contribution in [0.5, 0.6) is 0 Å². The van der Waals surface area contributed by atoms with Gasteiger partial charge in [-0.25, -0.2) is 0 Å². The highest BCUT2D eigenvalue weighted by Crippen LogP contribution is 2.29. The van der Waals surface area contributed by atoms with Gasteiger partial charge >= 0.3 is 0 Å². The predicted octanol–water partition coefficient (Wildman–Crippen LogP) is 3.17. The van der Waals surface area contributed by atoms with Gasteiger partial charge < -0.3 is 15.2 Å². The molecule has 1 heterocycles. The van der Waals surface area contributed by atoms with E-state index in [0.29, 0.717) is 5.69 Å². The molecule has 0 saturated carbocycles. The lowest BCUT2D eigenvalue weighted by Gasteiger charge is -2.14. The highest BCUT2D eigenvalue weighted by molar-refractivity contribution is 5.91. The van der Waals surface area contributed by atoms with E-state index in [1.54, 1.807) is 6.07 Å². The molecule has 1 amide bonds. The Kier molecular flexibility index (Phi) is 4.44. The summed E-state index contributed by atoms with van der Waals surface area (Å²) in [6.45, 7) is 0.857. The van der Waals surface area contributed by atoms with Crippen molar-refractivity contribution in [2.45, 2.75) is 6.54 Å². The fourth-order valence-corrected chi connectivity index (χ4v) is 2.65. The third-order valence-corrected chi connectivity index (χ3v) is 3.73. The van der Waals surface area contributed by atoms with Gasteiger partial charge in [0.15, 0.2) is 0 Å². The van der Waals surface area contributed by atoms with E-state index in [1.165, 1.54) is 11.1 Å². The Labute approximate surface area is 140 Å². The minimum atomic E-state index is -0.624. The van der Waals surface area contributed by atoms with Crippen molar-refractivity contribution < 1.29 is 9.32 Å². The highest BCUT2D eigenvalue weighted by Gasteiger charge is 2.12. The van der Waals surface area contributed by atoms with E-state index >= 15 is 0 Å². The number of amides is 1. The van der Waals surface area contributed by atoms with Gasteiger partial charge in [-0.05, 0) is 36.9 Å². The van der Waals surface area contributed by atoms with Gasteiger partial charge in [0, 0.05) is 18.2 Å². The van der Waals surface area contributed by atoms with Gasteiger partial charge in [-0.3, -0.25) is 4.79 Å². The molecule has 1 aromatic heterocycles. The zero-order chi connectivity index (χ0) is 17.1. The first-order valence-corrected chi connectivity index (χ1v) is 7.64. The average molecular weight is 321 g/mol. The molecule has 0 radical (unpaired) electrons. The third-order valence-electron chi connectivity index (χ3n) is 3.73. The molecule has 2 aromatic carbocycles. The number of nitrogens with zero attached hydrogens (tertiary/aromatic N) is 2. The van der Waals surface area contributed by atoms with Crippen LogP contribution in [-0.4, -0.2) is 30.1 Å². The second-order valence-corrected chi connectivity index (χ2v) is 5.92. The molecule has 5 nitrogen and oxygen atoms in total. The van der Waals surface area contributed by atoms with Crippen LogP contribution in [0.15, 0.2) is 59.1 Å². The van der Waals surface area contributed by atoms with E-state index in [9.17, 15) is 4.79 Å². The first kappa shape index (κ1) is 16.0. The van der Waals surface area contributed by atoms with Crippen LogP contribution in [0, 0.1) is 0 Å². The van der Waals surface area contributed by atoms with Gasteiger partial charge in [-0.2, -0.15) is 0 Å². The lowest BCUT2D eigenvalue weighted by Crippen LogP contribution is -2.11. The van der Waals surface area contributed by atoms with Crippen molar-refractivity contribution in [2.75, 3.05) is 14.1 Å². The number of carbonyl (C=O) groups is 1. The van der Waals surface area contributed by atoms with Gasteiger partial charge in [0.05, 0.1) is 0 Å². The number of nitrogens with two attached hydrogens (primary N) is 1. The van der Waals surface area contributed by atoms with Crippen LogP contribution < -0.4 is 5.73 Å². The van der Waals surface area contributed by atoms with Crippen LogP contribution in [-0.2, 0) is 6.54 Å². The number of aromatic nitrogens is 1. The summed E-state index contributed by atoms with van der Waals surface area (Å²) in [6.07, 6.45) is 0. The number of benzene rings is 2. The molecule has 0 aliphatic rings. The van der Waals surface area contributed by atoms with E-state index in [1.807, 2.05) is 44.4 Å². The van der Waals surface area contributed by atoms with E-state index in [2.05, 4.69) is 28.3 Å². The Bertz CT molecular complexity index is 868. The highest BCUT2D eigenvalue weighted by atomic mass is 16.5. The normalized spacial score (nSPS) is 11.0. The Morgan fingerprint density at radius 3 is 2.54 bits per heavy atom. The predicted molar refractivity (Wildman–Crippen MR) is 93.3 cm³/mol. The quantitative estimate of drug-likeness (QED) is 0.783. The average Bonchev–Trinajstić information content (AvgIpc) is 3.05. The summed E-state index contributed by atoms with van der Waals surface area (Å²) in [7, 11) is 4.10. The van der Waals surface area contributed by atoms with Crippen LogP contribution in [0.25, 0.3) is 22.4 Å². The van der Waals surface area contributed by atoms with Gasteiger partial charge in [0.1, 0.15) is 5.69 Å². The molecule has 3 rings (SSSR count). The standard InChI is InChI=1S/C19H19N3O2/c1-22(2)12-15-6-3-4-9-16(15)13-7-5-8-14(10-13)17-11-18(19(20)23)24-21-17/h3-11H,12H2,1-2H3,(H2,20,23). The second kappa shape index (κ2) is 6.68. The molecule has 2 N–H and O–H groups in total. The van der Waals surface area contributed by atoms with E-state index < -0.39 is 5.91 Å². The minimum Gasteiger partial charge on any atom is -0.363 e. The van der Waals surface area contributed by atoms with Gasteiger partial charge in [-0.1, -0.05) is 47.6 Å². The van der Waals surface area contributed by atoms with E-state index in [0.717, 1.165) is 17.7 Å². The smallest absolute Gasteiger partial charge is 0.287 e. The van der Waals surface area contributed by atoms with Crippen LogP contribution >= 0.6 is 0 Å². The maximum absolute atomic E-state index is 11.2. The third kappa shape index (κ3) is 3.36. The summed E-state index contributed by atoms with van der Waals surface area (Å²) in [5.41, 5.74) is 10.2. The topological polar surface area (TPSA) is 72.4 Å². The number of rotatable bonds is 5. The summed E-state index contributed by atoms with van der Waals surface area (Å²) in [6, 6.07) is 17.9. The zero-order valence-electron chi connectivity index (χ0n) is 13.7. The summed E-state index contributed by atoms with van der Waals surface area (Å²) < 4.78 is 4.97. The summed E-state index contributed by atoms with van der Waals surface area (Å²) in [4.78, 5) is 13.3. The summed E-state index contributed by atoms with van der Waals surface area (Å²) >= 11 is 0. The summed E-state index contributed by atoms with van der Waals surface area (Å²) in [5.74, 6) is -0.565. The molecule has 3 aromatic rings. The molecule has 0 saturated heterocycles. The molecule has 0 aliphatic carbocycles. The van der Waals surface area contributed by atoms with E-state index in [4.69, 9.17) is 10.3 Å². The second-order valence-electron chi connectivity index (χ2n) is 5.92. The van der Waals surface area contributed by atoms with E-state index in [-0.39, 0.29) is 5.76 Å². The van der Waals surface area contributed by atoms with Crippen molar-refractivity contribution in [3.8, 4) is 22.4 Å². The fraction of sp³-hybridized carbons (Fsp3) is 0.158. The van der Waals surface area contributed by atoms with Crippen molar-refractivity contribution >= 4 is 5.91 Å². The number of hydrogen-bond acceptors (Lipinski definition) is 4. The maximum atomic E-state index is 11.2. The molecule has 0 fully saturated rings. The molecule has 0 bridgehead atoms.